The predicted octanol–water partition coefficient (Wildman–Crippen LogP) is 4.25. The maximum atomic E-state index is 4.08. The van der Waals surface area contributed by atoms with Crippen molar-refractivity contribution >= 4 is 0 Å². The number of hydrogen-bond acceptors (Lipinski definition) is 2. The summed E-state index contributed by atoms with van der Waals surface area (Å²) < 4.78 is 2.16. The zero-order valence-electron chi connectivity index (χ0n) is 14.1. The summed E-state index contributed by atoms with van der Waals surface area (Å²) in [6, 6.07) is 0.766. The van der Waals surface area contributed by atoms with E-state index in [2.05, 4.69) is 35.6 Å². The predicted molar refractivity (Wildman–Crippen MR) is 89.3 cm³/mol. The highest BCUT2D eigenvalue weighted by atomic mass is 15.0. The van der Waals surface area contributed by atoms with Crippen molar-refractivity contribution in [2.75, 3.05) is 6.54 Å². The van der Waals surface area contributed by atoms with E-state index >= 15 is 0 Å². The van der Waals surface area contributed by atoms with Crippen molar-refractivity contribution in [3.05, 3.63) is 18.7 Å². The molecule has 0 radical (unpaired) electrons. The largest absolute Gasteiger partial charge is 0.337 e. The van der Waals surface area contributed by atoms with E-state index in [1.54, 1.807) is 0 Å². The number of rotatable bonds is 8. The van der Waals surface area contributed by atoms with Crippen LogP contribution in [-0.2, 0) is 6.54 Å². The van der Waals surface area contributed by atoms with Gasteiger partial charge in [0.1, 0.15) is 0 Å². The van der Waals surface area contributed by atoms with Crippen LogP contribution >= 0.6 is 0 Å². The van der Waals surface area contributed by atoms with E-state index in [0.717, 1.165) is 18.5 Å². The molecule has 1 saturated carbocycles. The zero-order valence-corrected chi connectivity index (χ0v) is 14.1. The van der Waals surface area contributed by atoms with Gasteiger partial charge in [0, 0.05) is 25.0 Å². The second-order valence-electron chi connectivity index (χ2n) is 7.35. The van der Waals surface area contributed by atoms with E-state index in [9.17, 15) is 0 Å². The molecule has 120 valence electrons. The van der Waals surface area contributed by atoms with Crippen molar-refractivity contribution < 1.29 is 0 Å². The van der Waals surface area contributed by atoms with Crippen molar-refractivity contribution in [2.45, 2.75) is 78.3 Å². The smallest absolute Gasteiger partial charge is 0.0945 e. The third-order valence-electron chi connectivity index (χ3n) is 5.58. The van der Waals surface area contributed by atoms with Crippen molar-refractivity contribution in [1.82, 2.24) is 14.9 Å². The molecule has 1 aliphatic rings. The van der Waals surface area contributed by atoms with Crippen molar-refractivity contribution in [3.63, 3.8) is 0 Å². The Morgan fingerprint density at radius 2 is 1.95 bits per heavy atom. The maximum absolute atomic E-state index is 4.08. The molecule has 21 heavy (non-hydrogen) atoms. The topological polar surface area (TPSA) is 29.9 Å². The SMILES string of the molecule is CCC(C)(C)C1CCC(NCCCCn2ccnc2)CC1. The molecule has 0 saturated heterocycles. The van der Waals surface area contributed by atoms with Crippen LogP contribution in [-0.4, -0.2) is 22.1 Å². The average Bonchev–Trinajstić information content (AvgIpc) is 3.01. The number of nitrogens with zero attached hydrogens (tertiary/aromatic N) is 2. The van der Waals surface area contributed by atoms with Gasteiger partial charge in [0.25, 0.3) is 0 Å². The summed E-state index contributed by atoms with van der Waals surface area (Å²) in [6.45, 7) is 9.49. The fourth-order valence-electron chi connectivity index (χ4n) is 3.51. The van der Waals surface area contributed by atoms with Crippen LogP contribution < -0.4 is 5.32 Å². The summed E-state index contributed by atoms with van der Waals surface area (Å²) in [7, 11) is 0. The summed E-state index contributed by atoms with van der Waals surface area (Å²) in [5.74, 6) is 0.932. The lowest BCUT2D eigenvalue weighted by molar-refractivity contribution is 0.137. The number of hydrogen-bond donors (Lipinski definition) is 1. The number of imidazole rings is 1. The highest BCUT2D eigenvalue weighted by molar-refractivity contribution is 4.84. The summed E-state index contributed by atoms with van der Waals surface area (Å²) in [6.07, 6.45) is 15.2. The highest BCUT2D eigenvalue weighted by Gasteiger charge is 2.31. The van der Waals surface area contributed by atoms with Crippen molar-refractivity contribution in [3.8, 4) is 0 Å². The van der Waals surface area contributed by atoms with E-state index in [4.69, 9.17) is 0 Å². The monoisotopic (exact) mass is 291 g/mol. The zero-order chi connectivity index (χ0) is 15.1. The number of aryl methyl sites for hydroxylation is 1. The van der Waals surface area contributed by atoms with E-state index in [-0.39, 0.29) is 0 Å². The first-order valence-electron chi connectivity index (χ1n) is 8.81. The summed E-state index contributed by atoms with van der Waals surface area (Å²) >= 11 is 0. The Balaban J connectivity index is 1.55. The van der Waals surface area contributed by atoms with Crippen LogP contribution in [0, 0.1) is 11.3 Å². The Morgan fingerprint density at radius 3 is 2.57 bits per heavy atom. The molecule has 0 amide bonds. The van der Waals surface area contributed by atoms with Gasteiger partial charge in [-0.25, -0.2) is 4.98 Å². The van der Waals surface area contributed by atoms with Crippen molar-refractivity contribution in [1.29, 1.82) is 0 Å². The minimum Gasteiger partial charge on any atom is -0.337 e. The van der Waals surface area contributed by atoms with Crippen LogP contribution in [0.5, 0.6) is 0 Å². The minimum atomic E-state index is 0.537. The number of nitrogens with one attached hydrogen (secondary N) is 1. The third kappa shape index (κ3) is 5.14. The molecular formula is C18H33N3. The molecule has 3 heteroatoms. The van der Waals surface area contributed by atoms with Gasteiger partial charge < -0.3 is 9.88 Å². The van der Waals surface area contributed by atoms with Gasteiger partial charge in [0.05, 0.1) is 6.33 Å². The van der Waals surface area contributed by atoms with E-state index in [0.29, 0.717) is 5.41 Å². The standard InChI is InChI=1S/C18H33N3/c1-4-18(2,3)16-7-9-17(10-8-16)20-11-5-6-13-21-14-12-19-15-21/h12,14-17,20H,4-11,13H2,1-3H3. The molecule has 1 heterocycles. The Hall–Kier alpha value is -0.830. The molecule has 0 atom stereocenters. The molecule has 1 fully saturated rings. The van der Waals surface area contributed by atoms with Crippen LogP contribution in [0.1, 0.15) is 65.7 Å². The van der Waals surface area contributed by atoms with Gasteiger partial charge in [0.2, 0.25) is 0 Å². The average molecular weight is 291 g/mol. The first-order valence-corrected chi connectivity index (χ1v) is 8.81. The molecule has 0 unspecified atom stereocenters. The second kappa shape index (κ2) is 7.98. The van der Waals surface area contributed by atoms with Crippen molar-refractivity contribution in [2.24, 2.45) is 11.3 Å². The van der Waals surface area contributed by atoms with Gasteiger partial charge in [-0.2, -0.15) is 0 Å². The van der Waals surface area contributed by atoms with E-state index in [1.165, 1.54) is 51.5 Å². The van der Waals surface area contributed by atoms with Gasteiger partial charge in [-0.1, -0.05) is 27.2 Å². The number of aromatic nitrogens is 2. The molecule has 0 bridgehead atoms. The normalized spacial score (nSPS) is 23.4. The first kappa shape index (κ1) is 16.5. The molecule has 0 aromatic carbocycles. The Morgan fingerprint density at radius 1 is 1.19 bits per heavy atom. The minimum absolute atomic E-state index is 0.537. The van der Waals surface area contributed by atoms with Gasteiger partial charge >= 0.3 is 0 Å². The molecule has 1 aromatic heterocycles. The molecule has 1 N–H and O–H groups in total. The molecule has 0 aliphatic heterocycles. The maximum Gasteiger partial charge on any atom is 0.0945 e. The Labute approximate surface area is 130 Å². The molecule has 0 spiro atoms. The Kier molecular flexibility index (Phi) is 6.28. The molecular weight excluding hydrogens is 258 g/mol. The Bertz CT molecular complexity index is 375. The van der Waals surface area contributed by atoms with Gasteiger partial charge in [-0.05, 0) is 56.4 Å². The number of unbranched alkanes of at least 4 members (excludes halogenated alkanes) is 1. The summed E-state index contributed by atoms with van der Waals surface area (Å²) in [5.41, 5.74) is 0.537. The van der Waals surface area contributed by atoms with E-state index in [1.807, 2.05) is 18.7 Å². The summed E-state index contributed by atoms with van der Waals surface area (Å²) in [4.78, 5) is 4.08. The van der Waals surface area contributed by atoms with E-state index < -0.39 is 0 Å². The van der Waals surface area contributed by atoms with Crippen LogP contribution in [0.25, 0.3) is 0 Å². The molecule has 1 aromatic rings. The van der Waals surface area contributed by atoms with Crippen LogP contribution in [0.4, 0.5) is 0 Å². The lowest BCUT2D eigenvalue weighted by Crippen LogP contribution is -2.37. The van der Waals surface area contributed by atoms with Crippen LogP contribution in [0.15, 0.2) is 18.7 Å². The van der Waals surface area contributed by atoms with Crippen LogP contribution in [0.3, 0.4) is 0 Å². The second-order valence-corrected chi connectivity index (χ2v) is 7.35. The van der Waals surface area contributed by atoms with Gasteiger partial charge in [-0.15, -0.1) is 0 Å². The first-order chi connectivity index (χ1) is 10.1. The molecule has 2 rings (SSSR count). The summed E-state index contributed by atoms with van der Waals surface area (Å²) in [5, 5.41) is 3.77. The fraction of sp³-hybridized carbons (Fsp3) is 0.833. The highest BCUT2D eigenvalue weighted by Crippen LogP contribution is 2.40. The van der Waals surface area contributed by atoms with Crippen LogP contribution in [0.2, 0.25) is 0 Å². The quantitative estimate of drug-likeness (QED) is 0.726. The lowest BCUT2D eigenvalue weighted by atomic mass is 9.69. The fourth-order valence-corrected chi connectivity index (χ4v) is 3.51. The molecule has 1 aliphatic carbocycles. The van der Waals surface area contributed by atoms with Gasteiger partial charge in [-0.3, -0.25) is 0 Å². The lowest BCUT2D eigenvalue weighted by Gasteiger charge is -2.39. The van der Waals surface area contributed by atoms with Gasteiger partial charge in [0.15, 0.2) is 0 Å². The molecule has 3 nitrogen and oxygen atoms in total. The third-order valence-corrected chi connectivity index (χ3v) is 5.58.